The van der Waals surface area contributed by atoms with Gasteiger partial charge in [-0.1, -0.05) is 0 Å². The molecule has 18 heavy (non-hydrogen) atoms. The van der Waals surface area contributed by atoms with Crippen LogP contribution in [-0.4, -0.2) is 33.3 Å². The zero-order chi connectivity index (χ0) is 13.1. The van der Waals surface area contributed by atoms with Crippen LogP contribution in [0.2, 0.25) is 0 Å². The fraction of sp³-hybridized carbons (Fsp3) is 0.100. The van der Waals surface area contributed by atoms with Gasteiger partial charge in [-0.2, -0.15) is 4.98 Å². The first-order chi connectivity index (χ1) is 8.60. The number of carbonyl (C=O) groups is 1. The van der Waals surface area contributed by atoms with E-state index in [2.05, 4.69) is 20.5 Å². The van der Waals surface area contributed by atoms with Gasteiger partial charge < -0.3 is 9.84 Å². The Labute approximate surface area is 116 Å². The zero-order valence-corrected chi connectivity index (χ0v) is 11.4. The fourth-order valence-electron chi connectivity index (χ4n) is 1.26. The van der Waals surface area contributed by atoms with Crippen LogP contribution in [0.3, 0.4) is 0 Å². The quantitative estimate of drug-likeness (QED) is 0.718. The molecule has 0 unspecified atom stereocenters. The van der Waals surface area contributed by atoms with Gasteiger partial charge in [0.15, 0.2) is 0 Å². The van der Waals surface area contributed by atoms with Crippen molar-refractivity contribution in [1.29, 1.82) is 0 Å². The molecule has 0 atom stereocenters. The first-order valence-electron chi connectivity index (χ1n) is 4.86. The maximum atomic E-state index is 11.9. The number of hydrogen-bond donors (Lipinski definition) is 3. The number of hydrogen-bond acceptors (Lipinski definition) is 5. The minimum Gasteiger partial charge on any atom is -0.507 e. The second-order valence-corrected chi connectivity index (χ2v) is 4.53. The Morgan fingerprint density at radius 2 is 2.33 bits per heavy atom. The van der Waals surface area contributed by atoms with Gasteiger partial charge >= 0.3 is 6.01 Å². The lowest BCUT2D eigenvalue weighted by molar-refractivity contribution is 0.102. The van der Waals surface area contributed by atoms with Crippen LogP contribution in [0.25, 0.3) is 0 Å². The third-order valence-corrected chi connectivity index (χ3v) is 2.75. The average molecular weight is 360 g/mol. The molecule has 94 valence electrons. The van der Waals surface area contributed by atoms with E-state index in [9.17, 15) is 9.90 Å². The molecule has 2 rings (SSSR count). The van der Waals surface area contributed by atoms with Crippen molar-refractivity contribution < 1.29 is 14.6 Å². The second-order valence-electron chi connectivity index (χ2n) is 3.29. The van der Waals surface area contributed by atoms with Crippen molar-refractivity contribution in [3.63, 3.8) is 0 Å². The highest BCUT2D eigenvalue weighted by molar-refractivity contribution is 14.1. The van der Waals surface area contributed by atoms with E-state index in [1.807, 2.05) is 22.6 Å². The summed E-state index contributed by atoms with van der Waals surface area (Å²) in [4.78, 5) is 15.7. The van der Waals surface area contributed by atoms with Gasteiger partial charge in [-0.05, 0) is 40.8 Å². The van der Waals surface area contributed by atoms with Gasteiger partial charge in [0.2, 0.25) is 5.95 Å². The SMILES string of the molecule is COc1n[nH]c(NC(=O)c2cc(I)ccc2O)n1. The standard InChI is InChI=1S/C10H9IN4O3/c1-18-10-13-9(14-15-10)12-8(17)6-4-5(11)2-3-7(6)16/h2-4,16H,1H3,(H2,12,13,14,15,17). The number of methoxy groups -OCH3 is 1. The number of phenolic OH excluding ortho intramolecular Hbond substituents is 1. The minimum absolute atomic E-state index is 0.0978. The molecule has 8 heteroatoms. The van der Waals surface area contributed by atoms with E-state index in [1.54, 1.807) is 12.1 Å². The molecule has 0 radical (unpaired) electrons. The number of phenols is 1. The molecule has 1 aromatic heterocycles. The summed E-state index contributed by atoms with van der Waals surface area (Å²) >= 11 is 2.05. The Morgan fingerprint density at radius 3 is 3.00 bits per heavy atom. The van der Waals surface area contributed by atoms with Crippen molar-refractivity contribution in [3.8, 4) is 11.8 Å². The van der Waals surface area contributed by atoms with E-state index < -0.39 is 5.91 Å². The Hall–Kier alpha value is -1.84. The number of anilines is 1. The number of ether oxygens (including phenoxy) is 1. The number of H-pyrrole nitrogens is 1. The molecule has 1 aromatic carbocycles. The van der Waals surface area contributed by atoms with E-state index >= 15 is 0 Å². The highest BCUT2D eigenvalue weighted by atomic mass is 127. The maximum absolute atomic E-state index is 11.9. The molecule has 2 aromatic rings. The number of nitrogens with one attached hydrogen (secondary N) is 2. The lowest BCUT2D eigenvalue weighted by Gasteiger charge is -2.04. The number of rotatable bonds is 3. The molecule has 0 spiro atoms. The van der Waals surface area contributed by atoms with Crippen molar-refractivity contribution in [3.05, 3.63) is 27.3 Å². The van der Waals surface area contributed by atoms with Gasteiger partial charge in [0.25, 0.3) is 5.91 Å². The Morgan fingerprint density at radius 1 is 1.56 bits per heavy atom. The summed E-state index contributed by atoms with van der Waals surface area (Å²) in [5.74, 6) is -0.431. The fourth-order valence-corrected chi connectivity index (χ4v) is 1.75. The van der Waals surface area contributed by atoms with Crippen LogP contribution >= 0.6 is 22.6 Å². The third kappa shape index (κ3) is 2.70. The number of nitrogens with zero attached hydrogens (tertiary/aromatic N) is 2. The Balaban J connectivity index is 2.19. The molecule has 0 aliphatic heterocycles. The van der Waals surface area contributed by atoms with Crippen LogP contribution in [0, 0.1) is 3.57 Å². The number of carbonyl (C=O) groups excluding carboxylic acids is 1. The van der Waals surface area contributed by atoms with E-state index in [1.165, 1.54) is 13.2 Å². The van der Waals surface area contributed by atoms with E-state index in [0.717, 1.165) is 3.57 Å². The monoisotopic (exact) mass is 360 g/mol. The molecule has 0 saturated carbocycles. The molecule has 1 heterocycles. The number of aromatic hydroxyl groups is 1. The predicted octanol–water partition coefficient (Wildman–Crippen LogP) is 1.38. The van der Waals surface area contributed by atoms with Crippen LogP contribution in [0.15, 0.2) is 18.2 Å². The van der Waals surface area contributed by atoms with Crippen molar-refractivity contribution in [2.45, 2.75) is 0 Å². The molecule has 1 amide bonds. The molecule has 0 fully saturated rings. The second kappa shape index (κ2) is 5.21. The molecule has 0 bridgehead atoms. The van der Waals surface area contributed by atoms with Gasteiger partial charge in [-0.15, -0.1) is 5.10 Å². The van der Waals surface area contributed by atoms with Crippen molar-refractivity contribution in [2.75, 3.05) is 12.4 Å². The molecular weight excluding hydrogens is 351 g/mol. The maximum Gasteiger partial charge on any atom is 0.336 e. The Bertz CT molecular complexity index is 584. The summed E-state index contributed by atoms with van der Waals surface area (Å²) in [5.41, 5.74) is 0.164. The third-order valence-electron chi connectivity index (χ3n) is 2.08. The van der Waals surface area contributed by atoms with Crippen molar-refractivity contribution >= 4 is 34.4 Å². The molecule has 0 aliphatic carbocycles. The molecule has 0 saturated heterocycles. The zero-order valence-electron chi connectivity index (χ0n) is 9.27. The normalized spacial score (nSPS) is 10.1. The summed E-state index contributed by atoms with van der Waals surface area (Å²) in [6.07, 6.45) is 0. The van der Waals surface area contributed by atoms with Gasteiger partial charge in [0.1, 0.15) is 5.75 Å². The van der Waals surface area contributed by atoms with Crippen LogP contribution in [-0.2, 0) is 0 Å². The van der Waals surface area contributed by atoms with Gasteiger partial charge in [0.05, 0.1) is 12.7 Å². The van der Waals surface area contributed by atoms with Gasteiger partial charge in [0, 0.05) is 3.57 Å². The first-order valence-corrected chi connectivity index (χ1v) is 5.94. The number of aromatic nitrogens is 3. The number of benzene rings is 1. The van der Waals surface area contributed by atoms with Crippen LogP contribution in [0.4, 0.5) is 5.95 Å². The first kappa shape index (κ1) is 12.6. The highest BCUT2D eigenvalue weighted by Gasteiger charge is 2.13. The minimum atomic E-state index is -0.482. The van der Waals surface area contributed by atoms with Crippen LogP contribution < -0.4 is 10.1 Å². The summed E-state index contributed by atoms with van der Waals surface area (Å²) in [7, 11) is 1.42. The van der Waals surface area contributed by atoms with E-state index in [0.29, 0.717) is 0 Å². The van der Waals surface area contributed by atoms with E-state index in [-0.39, 0.29) is 23.3 Å². The molecule has 3 N–H and O–H groups in total. The number of aromatic amines is 1. The topological polar surface area (TPSA) is 100 Å². The largest absolute Gasteiger partial charge is 0.507 e. The van der Waals surface area contributed by atoms with Gasteiger partial charge in [-0.3, -0.25) is 10.1 Å². The number of amides is 1. The molecule has 7 nitrogen and oxygen atoms in total. The smallest absolute Gasteiger partial charge is 0.336 e. The van der Waals surface area contributed by atoms with Crippen molar-refractivity contribution in [1.82, 2.24) is 15.2 Å². The van der Waals surface area contributed by atoms with E-state index in [4.69, 9.17) is 4.74 Å². The average Bonchev–Trinajstić information content (AvgIpc) is 2.80. The Kier molecular flexibility index (Phi) is 3.65. The summed E-state index contributed by atoms with van der Waals surface area (Å²) in [6, 6.07) is 4.85. The summed E-state index contributed by atoms with van der Waals surface area (Å²) in [5, 5.41) is 18.2. The summed E-state index contributed by atoms with van der Waals surface area (Å²) < 4.78 is 5.61. The van der Waals surface area contributed by atoms with Gasteiger partial charge in [-0.25, -0.2) is 5.10 Å². The summed E-state index contributed by atoms with van der Waals surface area (Å²) in [6.45, 7) is 0. The van der Waals surface area contributed by atoms with Crippen LogP contribution in [0.5, 0.6) is 11.8 Å². The molecular formula is C10H9IN4O3. The van der Waals surface area contributed by atoms with Crippen molar-refractivity contribution in [2.24, 2.45) is 0 Å². The predicted molar refractivity (Wildman–Crippen MR) is 71.7 cm³/mol. The lowest BCUT2D eigenvalue weighted by atomic mass is 10.2. The highest BCUT2D eigenvalue weighted by Crippen LogP contribution is 2.20. The lowest BCUT2D eigenvalue weighted by Crippen LogP contribution is -2.13. The van der Waals surface area contributed by atoms with Crippen LogP contribution in [0.1, 0.15) is 10.4 Å². The molecule has 0 aliphatic rings. The number of halogens is 1.